The Morgan fingerprint density at radius 1 is 1.33 bits per heavy atom. The molecule has 1 aromatic rings. The van der Waals surface area contributed by atoms with E-state index in [1.165, 1.54) is 5.56 Å². The van der Waals surface area contributed by atoms with Crippen LogP contribution in [0.15, 0.2) is 24.3 Å². The summed E-state index contributed by atoms with van der Waals surface area (Å²) in [4.78, 5) is 0. The highest BCUT2D eigenvalue weighted by Gasteiger charge is 1.92. The van der Waals surface area contributed by atoms with Gasteiger partial charge in [0.1, 0.15) is 0 Å². The monoisotopic (exact) mass is 183 g/mol. The van der Waals surface area contributed by atoms with Crippen molar-refractivity contribution < 1.29 is 4.74 Å². The fourth-order valence-electron chi connectivity index (χ4n) is 0.893. The largest absolute Gasteiger partial charge is 0.375 e. The highest BCUT2D eigenvalue weighted by molar-refractivity contribution is 6.30. The molecule has 0 N–H and O–H groups in total. The summed E-state index contributed by atoms with van der Waals surface area (Å²) >= 11 is 5.73. The summed E-state index contributed by atoms with van der Waals surface area (Å²) in [6, 6.07) is 7.77. The fraction of sp³-hybridized carbons (Fsp3) is 0.300. The van der Waals surface area contributed by atoms with Crippen molar-refractivity contribution in [3.63, 3.8) is 0 Å². The SMILES string of the molecule is CCO[CH]Cc1ccc(Cl)cc1. The molecule has 1 nitrogen and oxygen atoms in total. The molecule has 12 heavy (non-hydrogen) atoms. The quantitative estimate of drug-likeness (QED) is 0.652. The standard InChI is InChI=1S/C10H12ClO/c1-2-12-8-7-9-3-5-10(11)6-4-9/h3-6,8H,2,7H2,1H3. The zero-order valence-corrected chi connectivity index (χ0v) is 7.84. The molecule has 0 aliphatic heterocycles. The Balaban J connectivity index is 2.37. The summed E-state index contributed by atoms with van der Waals surface area (Å²) in [5.41, 5.74) is 1.22. The number of benzene rings is 1. The molecule has 0 aliphatic carbocycles. The summed E-state index contributed by atoms with van der Waals surface area (Å²) in [7, 11) is 0. The lowest BCUT2D eigenvalue weighted by Crippen LogP contribution is -1.90. The molecule has 0 unspecified atom stereocenters. The average molecular weight is 184 g/mol. The highest BCUT2D eigenvalue weighted by Crippen LogP contribution is 2.10. The summed E-state index contributed by atoms with van der Waals surface area (Å²) < 4.78 is 5.11. The molecule has 0 atom stereocenters. The van der Waals surface area contributed by atoms with Gasteiger partial charge in [0.25, 0.3) is 0 Å². The second-order valence-electron chi connectivity index (χ2n) is 2.45. The van der Waals surface area contributed by atoms with Crippen LogP contribution < -0.4 is 0 Å². The number of rotatable bonds is 4. The Labute approximate surface area is 78.3 Å². The average Bonchev–Trinajstić information content (AvgIpc) is 2.09. The minimum absolute atomic E-state index is 0.730. The van der Waals surface area contributed by atoms with Crippen molar-refractivity contribution in [2.24, 2.45) is 0 Å². The molecule has 0 heterocycles. The minimum Gasteiger partial charge on any atom is -0.375 e. The maximum atomic E-state index is 5.73. The van der Waals surface area contributed by atoms with Crippen molar-refractivity contribution in [1.29, 1.82) is 0 Å². The van der Waals surface area contributed by atoms with E-state index in [9.17, 15) is 0 Å². The third-order valence-electron chi connectivity index (χ3n) is 1.52. The summed E-state index contributed by atoms with van der Waals surface area (Å²) in [5, 5.41) is 0.773. The van der Waals surface area contributed by atoms with Gasteiger partial charge in [0.15, 0.2) is 0 Å². The van der Waals surface area contributed by atoms with Crippen LogP contribution in [0.25, 0.3) is 0 Å². The van der Waals surface area contributed by atoms with Gasteiger partial charge in [-0.3, -0.25) is 0 Å². The van der Waals surface area contributed by atoms with Crippen molar-refractivity contribution >= 4 is 11.6 Å². The first-order valence-corrected chi connectivity index (χ1v) is 4.38. The van der Waals surface area contributed by atoms with Gasteiger partial charge in [-0.25, -0.2) is 0 Å². The maximum absolute atomic E-state index is 5.73. The van der Waals surface area contributed by atoms with Gasteiger partial charge in [0.05, 0.1) is 6.61 Å². The van der Waals surface area contributed by atoms with Crippen LogP contribution in [0.4, 0.5) is 0 Å². The normalized spacial score (nSPS) is 10.2. The van der Waals surface area contributed by atoms with Crippen LogP contribution in [0.2, 0.25) is 5.02 Å². The molecule has 0 spiro atoms. The zero-order valence-electron chi connectivity index (χ0n) is 7.09. The van der Waals surface area contributed by atoms with Crippen LogP contribution in [-0.2, 0) is 11.2 Å². The van der Waals surface area contributed by atoms with Gasteiger partial charge < -0.3 is 4.74 Å². The van der Waals surface area contributed by atoms with Crippen molar-refractivity contribution in [3.8, 4) is 0 Å². The van der Waals surface area contributed by atoms with Crippen molar-refractivity contribution in [1.82, 2.24) is 0 Å². The maximum Gasteiger partial charge on any atom is 0.0879 e. The van der Waals surface area contributed by atoms with E-state index in [0.717, 1.165) is 18.1 Å². The van der Waals surface area contributed by atoms with E-state index in [2.05, 4.69) is 0 Å². The van der Waals surface area contributed by atoms with Crippen molar-refractivity contribution in [2.75, 3.05) is 6.61 Å². The van der Waals surface area contributed by atoms with E-state index in [1.807, 2.05) is 37.8 Å². The summed E-state index contributed by atoms with van der Waals surface area (Å²) in [6.45, 7) is 4.51. The Kier molecular flexibility index (Phi) is 4.12. The minimum atomic E-state index is 0.730. The molecule has 1 radical (unpaired) electrons. The molecule has 0 bridgehead atoms. The number of hydrogen-bond acceptors (Lipinski definition) is 1. The smallest absolute Gasteiger partial charge is 0.0879 e. The van der Waals surface area contributed by atoms with Crippen LogP contribution in [-0.4, -0.2) is 6.61 Å². The molecule has 0 aliphatic rings. The van der Waals surface area contributed by atoms with Crippen LogP contribution in [0, 0.1) is 6.61 Å². The molecule has 65 valence electrons. The first-order chi connectivity index (χ1) is 5.83. The van der Waals surface area contributed by atoms with Crippen LogP contribution in [0.1, 0.15) is 12.5 Å². The first kappa shape index (κ1) is 9.56. The van der Waals surface area contributed by atoms with E-state index in [0.29, 0.717) is 0 Å². The van der Waals surface area contributed by atoms with Gasteiger partial charge in [-0.05, 0) is 24.6 Å². The summed E-state index contributed by atoms with van der Waals surface area (Å²) in [5.74, 6) is 0. The third-order valence-corrected chi connectivity index (χ3v) is 1.77. The van der Waals surface area contributed by atoms with Gasteiger partial charge in [-0.2, -0.15) is 0 Å². The Hall–Kier alpha value is -0.530. The van der Waals surface area contributed by atoms with E-state index in [-0.39, 0.29) is 0 Å². The lowest BCUT2D eigenvalue weighted by molar-refractivity contribution is 0.212. The third kappa shape index (κ3) is 3.24. The predicted molar refractivity (Wildman–Crippen MR) is 51.1 cm³/mol. The van der Waals surface area contributed by atoms with E-state index >= 15 is 0 Å². The van der Waals surface area contributed by atoms with Gasteiger partial charge in [0, 0.05) is 18.1 Å². The molecule has 0 aromatic heterocycles. The second kappa shape index (κ2) is 5.18. The van der Waals surface area contributed by atoms with Crippen LogP contribution >= 0.6 is 11.6 Å². The van der Waals surface area contributed by atoms with Gasteiger partial charge in [-0.1, -0.05) is 23.7 Å². The number of ether oxygens (including phenoxy) is 1. The Bertz CT molecular complexity index is 218. The molecule has 0 saturated heterocycles. The fourth-order valence-corrected chi connectivity index (χ4v) is 1.02. The Morgan fingerprint density at radius 3 is 2.58 bits per heavy atom. The van der Waals surface area contributed by atoms with Crippen LogP contribution in [0.3, 0.4) is 0 Å². The molecule has 0 amide bonds. The van der Waals surface area contributed by atoms with Crippen molar-refractivity contribution in [3.05, 3.63) is 41.5 Å². The highest BCUT2D eigenvalue weighted by atomic mass is 35.5. The van der Waals surface area contributed by atoms with Crippen LogP contribution in [0.5, 0.6) is 0 Å². The molecule has 1 rings (SSSR count). The number of halogens is 1. The van der Waals surface area contributed by atoms with Crippen molar-refractivity contribution in [2.45, 2.75) is 13.3 Å². The van der Waals surface area contributed by atoms with E-state index in [1.54, 1.807) is 0 Å². The molecule has 0 fully saturated rings. The lowest BCUT2D eigenvalue weighted by Gasteiger charge is -2.00. The van der Waals surface area contributed by atoms with E-state index in [4.69, 9.17) is 16.3 Å². The number of hydrogen-bond donors (Lipinski definition) is 0. The molecule has 1 aromatic carbocycles. The summed E-state index contributed by atoms with van der Waals surface area (Å²) in [6.07, 6.45) is 0.838. The first-order valence-electron chi connectivity index (χ1n) is 4.00. The molecule has 2 heteroatoms. The topological polar surface area (TPSA) is 9.23 Å². The van der Waals surface area contributed by atoms with Gasteiger partial charge in [-0.15, -0.1) is 0 Å². The van der Waals surface area contributed by atoms with E-state index < -0.39 is 0 Å². The molecular weight excluding hydrogens is 172 g/mol. The zero-order chi connectivity index (χ0) is 8.81. The van der Waals surface area contributed by atoms with Gasteiger partial charge >= 0.3 is 0 Å². The lowest BCUT2D eigenvalue weighted by atomic mass is 10.2. The predicted octanol–water partition coefficient (Wildman–Crippen LogP) is 3.08. The molecular formula is C10H12ClO. The van der Waals surface area contributed by atoms with Gasteiger partial charge in [0.2, 0.25) is 0 Å². The second-order valence-corrected chi connectivity index (χ2v) is 2.89. The molecule has 0 saturated carbocycles. The Morgan fingerprint density at radius 2 is 2.00 bits per heavy atom.